The molecule has 3 heteroatoms. The lowest BCUT2D eigenvalue weighted by molar-refractivity contribution is -0.253. The molecule has 1 rings (SSSR count). The zero-order valence-corrected chi connectivity index (χ0v) is 9.38. The van der Waals surface area contributed by atoms with Gasteiger partial charge in [0.15, 0.2) is 5.79 Å². The molecule has 1 heterocycles. The Morgan fingerprint density at radius 2 is 2.07 bits per heavy atom. The molecule has 1 aliphatic rings. The molecule has 14 heavy (non-hydrogen) atoms. The van der Waals surface area contributed by atoms with Gasteiger partial charge in [0.1, 0.15) is 0 Å². The number of rotatable bonds is 4. The first kappa shape index (κ1) is 11.7. The summed E-state index contributed by atoms with van der Waals surface area (Å²) in [4.78, 5) is 0. The van der Waals surface area contributed by atoms with Crippen molar-refractivity contribution in [3.05, 3.63) is 12.7 Å². The molecule has 1 saturated heterocycles. The van der Waals surface area contributed by atoms with Crippen molar-refractivity contribution < 1.29 is 9.47 Å². The highest BCUT2D eigenvalue weighted by molar-refractivity contribution is 4.80. The van der Waals surface area contributed by atoms with E-state index in [0.29, 0.717) is 25.3 Å². The molecule has 3 nitrogen and oxygen atoms in total. The van der Waals surface area contributed by atoms with Crippen LogP contribution in [0.25, 0.3) is 0 Å². The predicted octanol–water partition coefficient (Wildman–Crippen LogP) is 1.69. The molecule has 82 valence electrons. The Balaban J connectivity index is 2.25. The van der Waals surface area contributed by atoms with Gasteiger partial charge in [0, 0.05) is 6.04 Å². The van der Waals surface area contributed by atoms with Crippen LogP contribution in [0.4, 0.5) is 0 Å². The molecular formula is C11H21NO2. The van der Waals surface area contributed by atoms with Crippen molar-refractivity contribution in [3.8, 4) is 0 Å². The quantitative estimate of drug-likeness (QED) is 0.699. The molecule has 0 aromatic rings. The molecule has 1 N–H and O–H groups in total. The summed E-state index contributed by atoms with van der Waals surface area (Å²) in [5.41, 5.74) is 0. The van der Waals surface area contributed by atoms with E-state index in [-0.39, 0.29) is 0 Å². The third-order valence-electron chi connectivity index (χ3n) is 2.30. The number of ether oxygens (including phenoxy) is 2. The van der Waals surface area contributed by atoms with E-state index in [1.165, 1.54) is 0 Å². The van der Waals surface area contributed by atoms with E-state index < -0.39 is 5.79 Å². The van der Waals surface area contributed by atoms with Gasteiger partial charge in [-0.3, -0.25) is 0 Å². The normalized spacial score (nSPS) is 24.5. The standard InChI is InChI=1S/C11H21NO2/c1-5-6-9(2)12-10-7-13-11(3,4)14-8-10/h5,9-10,12H,1,6-8H2,2-4H3. The van der Waals surface area contributed by atoms with Gasteiger partial charge in [-0.1, -0.05) is 6.08 Å². The summed E-state index contributed by atoms with van der Waals surface area (Å²) in [6, 6.07) is 0.740. The molecule has 1 aliphatic heterocycles. The fourth-order valence-electron chi connectivity index (χ4n) is 1.51. The zero-order chi connectivity index (χ0) is 10.6. The Kier molecular flexibility index (Phi) is 4.11. The van der Waals surface area contributed by atoms with Crippen LogP contribution in [0, 0.1) is 0 Å². The van der Waals surface area contributed by atoms with Gasteiger partial charge in [-0.2, -0.15) is 0 Å². The van der Waals surface area contributed by atoms with Crippen molar-refractivity contribution >= 4 is 0 Å². The monoisotopic (exact) mass is 199 g/mol. The molecule has 1 atom stereocenters. The molecule has 0 saturated carbocycles. The van der Waals surface area contributed by atoms with E-state index in [4.69, 9.17) is 9.47 Å². The van der Waals surface area contributed by atoms with Crippen LogP contribution in [0.1, 0.15) is 27.2 Å². The molecule has 0 aromatic carbocycles. The number of hydrogen-bond acceptors (Lipinski definition) is 3. The first-order valence-corrected chi connectivity index (χ1v) is 5.18. The predicted molar refractivity (Wildman–Crippen MR) is 57.2 cm³/mol. The molecular weight excluding hydrogens is 178 g/mol. The van der Waals surface area contributed by atoms with E-state index in [9.17, 15) is 0 Å². The van der Waals surface area contributed by atoms with Crippen LogP contribution in [0.15, 0.2) is 12.7 Å². The van der Waals surface area contributed by atoms with Gasteiger partial charge < -0.3 is 14.8 Å². The van der Waals surface area contributed by atoms with Crippen LogP contribution in [0.3, 0.4) is 0 Å². The van der Waals surface area contributed by atoms with Crippen LogP contribution in [-0.2, 0) is 9.47 Å². The van der Waals surface area contributed by atoms with E-state index in [1.807, 2.05) is 19.9 Å². The Labute approximate surface area is 86.5 Å². The van der Waals surface area contributed by atoms with E-state index in [0.717, 1.165) is 6.42 Å². The van der Waals surface area contributed by atoms with Crippen molar-refractivity contribution in [2.45, 2.75) is 45.1 Å². The first-order valence-electron chi connectivity index (χ1n) is 5.18. The number of hydrogen-bond donors (Lipinski definition) is 1. The summed E-state index contributed by atoms with van der Waals surface area (Å²) in [6.07, 6.45) is 2.89. The summed E-state index contributed by atoms with van der Waals surface area (Å²) in [5, 5.41) is 3.44. The Bertz CT molecular complexity index is 182. The summed E-state index contributed by atoms with van der Waals surface area (Å²) in [5.74, 6) is -0.417. The molecule has 0 aromatic heterocycles. The van der Waals surface area contributed by atoms with Crippen LogP contribution in [0.2, 0.25) is 0 Å². The molecule has 0 spiro atoms. The van der Waals surface area contributed by atoms with Crippen LogP contribution >= 0.6 is 0 Å². The lowest BCUT2D eigenvalue weighted by Crippen LogP contribution is -2.50. The smallest absolute Gasteiger partial charge is 0.162 e. The third kappa shape index (κ3) is 3.78. The second-order valence-electron chi connectivity index (χ2n) is 4.31. The van der Waals surface area contributed by atoms with Crippen molar-refractivity contribution in [1.29, 1.82) is 0 Å². The summed E-state index contributed by atoms with van der Waals surface area (Å²) < 4.78 is 11.1. The summed E-state index contributed by atoms with van der Waals surface area (Å²) >= 11 is 0. The Morgan fingerprint density at radius 1 is 1.50 bits per heavy atom. The van der Waals surface area contributed by atoms with Crippen LogP contribution < -0.4 is 5.32 Å². The lowest BCUT2D eigenvalue weighted by Gasteiger charge is -2.36. The highest BCUT2D eigenvalue weighted by Gasteiger charge is 2.28. The molecule has 0 amide bonds. The van der Waals surface area contributed by atoms with Gasteiger partial charge in [0.2, 0.25) is 0 Å². The van der Waals surface area contributed by atoms with Crippen molar-refractivity contribution in [2.24, 2.45) is 0 Å². The second-order valence-corrected chi connectivity index (χ2v) is 4.31. The van der Waals surface area contributed by atoms with Gasteiger partial charge in [0.25, 0.3) is 0 Å². The first-order chi connectivity index (χ1) is 6.53. The minimum Gasteiger partial charge on any atom is -0.349 e. The fourth-order valence-corrected chi connectivity index (χ4v) is 1.51. The maximum Gasteiger partial charge on any atom is 0.162 e. The molecule has 1 fully saturated rings. The van der Waals surface area contributed by atoms with Gasteiger partial charge in [-0.25, -0.2) is 0 Å². The van der Waals surface area contributed by atoms with Gasteiger partial charge in [-0.15, -0.1) is 6.58 Å². The van der Waals surface area contributed by atoms with Crippen molar-refractivity contribution in [3.63, 3.8) is 0 Å². The molecule has 1 unspecified atom stereocenters. The van der Waals surface area contributed by atoms with Gasteiger partial charge in [-0.05, 0) is 27.2 Å². The van der Waals surface area contributed by atoms with Crippen molar-refractivity contribution in [2.75, 3.05) is 13.2 Å². The minimum atomic E-state index is -0.417. The maximum atomic E-state index is 5.55. The zero-order valence-electron chi connectivity index (χ0n) is 9.38. The average molecular weight is 199 g/mol. The highest BCUT2D eigenvalue weighted by Crippen LogP contribution is 2.17. The fraction of sp³-hybridized carbons (Fsp3) is 0.818. The van der Waals surface area contributed by atoms with Crippen molar-refractivity contribution in [1.82, 2.24) is 5.32 Å². The largest absolute Gasteiger partial charge is 0.349 e. The van der Waals surface area contributed by atoms with Crippen LogP contribution in [-0.4, -0.2) is 31.1 Å². The van der Waals surface area contributed by atoms with Crippen LogP contribution in [0.5, 0.6) is 0 Å². The second kappa shape index (κ2) is 4.91. The SMILES string of the molecule is C=CCC(C)NC1COC(C)(C)OC1. The molecule has 0 radical (unpaired) electrons. The summed E-state index contributed by atoms with van der Waals surface area (Å²) in [6.45, 7) is 11.2. The Morgan fingerprint density at radius 3 is 2.57 bits per heavy atom. The maximum absolute atomic E-state index is 5.55. The minimum absolute atomic E-state index is 0.304. The topological polar surface area (TPSA) is 30.5 Å². The summed E-state index contributed by atoms with van der Waals surface area (Å²) in [7, 11) is 0. The average Bonchev–Trinajstić information content (AvgIpc) is 2.09. The van der Waals surface area contributed by atoms with E-state index in [1.54, 1.807) is 0 Å². The lowest BCUT2D eigenvalue weighted by atomic mass is 10.2. The molecule has 0 bridgehead atoms. The third-order valence-corrected chi connectivity index (χ3v) is 2.30. The van der Waals surface area contributed by atoms with E-state index >= 15 is 0 Å². The Hall–Kier alpha value is -0.380. The highest BCUT2D eigenvalue weighted by atomic mass is 16.7. The van der Waals surface area contributed by atoms with Gasteiger partial charge in [0.05, 0.1) is 19.3 Å². The molecule has 0 aliphatic carbocycles. The number of nitrogens with one attached hydrogen (secondary N) is 1. The van der Waals surface area contributed by atoms with Gasteiger partial charge >= 0.3 is 0 Å². The van der Waals surface area contributed by atoms with E-state index in [2.05, 4.69) is 18.8 Å².